The normalized spacial score (nSPS) is 16.3. The maximum atomic E-state index is 7.54. The van der Waals surface area contributed by atoms with Gasteiger partial charge in [0.25, 0.3) is 0 Å². The van der Waals surface area contributed by atoms with Crippen molar-refractivity contribution in [2.75, 3.05) is 31.7 Å². The van der Waals surface area contributed by atoms with Crippen molar-refractivity contribution in [1.82, 2.24) is 4.98 Å². The van der Waals surface area contributed by atoms with Crippen molar-refractivity contribution in [3.05, 3.63) is 23.4 Å². The molecule has 1 aromatic heterocycles. The lowest BCUT2D eigenvalue weighted by molar-refractivity contribution is 0.0685. The lowest BCUT2D eigenvalue weighted by atomic mass is 10.00. The van der Waals surface area contributed by atoms with Crippen LogP contribution in [0.1, 0.15) is 24.1 Å². The Labute approximate surface area is 114 Å². The van der Waals surface area contributed by atoms with Gasteiger partial charge in [0.1, 0.15) is 11.7 Å². The number of nitrogen functional groups attached to an aromatic ring is 1. The lowest BCUT2D eigenvalue weighted by Gasteiger charge is -2.28. The highest BCUT2D eigenvalue weighted by atomic mass is 16.5. The third kappa shape index (κ3) is 3.67. The molecule has 0 unspecified atom stereocenters. The topological polar surface area (TPSA) is 75.2 Å². The van der Waals surface area contributed by atoms with Gasteiger partial charge in [0, 0.05) is 38.1 Å². The summed E-state index contributed by atoms with van der Waals surface area (Å²) in [5.74, 6) is 1.63. The monoisotopic (exact) mass is 262 g/mol. The first-order valence-corrected chi connectivity index (χ1v) is 6.68. The second-order valence-corrected chi connectivity index (χ2v) is 5.21. The van der Waals surface area contributed by atoms with Crippen molar-refractivity contribution in [2.24, 2.45) is 11.7 Å². The van der Waals surface area contributed by atoms with E-state index in [1.54, 1.807) is 0 Å². The summed E-state index contributed by atoms with van der Waals surface area (Å²) in [6.07, 6.45) is 2.21. The molecular formula is C14H22N4O. The van der Waals surface area contributed by atoms with Gasteiger partial charge in [-0.3, -0.25) is 5.41 Å². The van der Waals surface area contributed by atoms with Gasteiger partial charge in [0.2, 0.25) is 0 Å². The number of hydrogen-bond acceptors (Lipinski definition) is 4. The number of hydrogen-bond donors (Lipinski definition) is 2. The minimum absolute atomic E-state index is 0.0891. The van der Waals surface area contributed by atoms with E-state index < -0.39 is 0 Å². The highest BCUT2D eigenvalue weighted by Gasteiger charge is 2.17. The summed E-state index contributed by atoms with van der Waals surface area (Å²) >= 11 is 0. The molecule has 1 aliphatic rings. The number of aromatic nitrogens is 1. The second kappa shape index (κ2) is 6.02. The summed E-state index contributed by atoms with van der Waals surface area (Å²) < 4.78 is 5.38. The fourth-order valence-electron chi connectivity index (χ4n) is 2.41. The molecule has 0 aliphatic carbocycles. The Kier molecular flexibility index (Phi) is 4.37. The highest BCUT2D eigenvalue weighted by molar-refractivity contribution is 5.95. The van der Waals surface area contributed by atoms with Crippen molar-refractivity contribution in [3.8, 4) is 0 Å². The minimum Gasteiger partial charge on any atom is -0.384 e. The van der Waals surface area contributed by atoms with Crippen LogP contribution in [0.4, 0.5) is 5.82 Å². The molecule has 104 valence electrons. The molecule has 5 heteroatoms. The molecule has 1 fully saturated rings. The molecule has 0 aromatic carbocycles. The van der Waals surface area contributed by atoms with Crippen LogP contribution in [0.15, 0.2) is 12.1 Å². The highest BCUT2D eigenvalue weighted by Crippen LogP contribution is 2.20. The fraction of sp³-hybridized carbons (Fsp3) is 0.571. The lowest BCUT2D eigenvalue weighted by Crippen LogP contribution is -2.30. The molecule has 0 radical (unpaired) electrons. The van der Waals surface area contributed by atoms with Gasteiger partial charge in [-0.25, -0.2) is 4.98 Å². The Morgan fingerprint density at radius 1 is 1.47 bits per heavy atom. The van der Waals surface area contributed by atoms with E-state index >= 15 is 0 Å². The molecule has 2 heterocycles. The van der Waals surface area contributed by atoms with E-state index in [0.29, 0.717) is 5.92 Å². The quantitative estimate of drug-likeness (QED) is 0.637. The molecule has 1 saturated heterocycles. The SMILES string of the molecule is Cc1cc(C(=N)N)cc(N(C)CC2CCOCC2)n1. The maximum Gasteiger partial charge on any atom is 0.129 e. The van der Waals surface area contributed by atoms with Crippen molar-refractivity contribution in [3.63, 3.8) is 0 Å². The molecule has 1 aliphatic heterocycles. The Morgan fingerprint density at radius 2 is 2.16 bits per heavy atom. The van der Waals surface area contributed by atoms with E-state index in [0.717, 1.165) is 49.7 Å². The van der Waals surface area contributed by atoms with Gasteiger partial charge < -0.3 is 15.4 Å². The largest absolute Gasteiger partial charge is 0.384 e. The van der Waals surface area contributed by atoms with Crippen LogP contribution in [0.25, 0.3) is 0 Å². The average molecular weight is 262 g/mol. The van der Waals surface area contributed by atoms with Gasteiger partial charge in [-0.05, 0) is 37.8 Å². The molecule has 1 aromatic rings. The number of nitrogens with two attached hydrogens (primary N) is 1. The first-order valence-electron chi connectivity index (χ1n) is 6.68. The number of nitrogens with zero attached hydrogens (tertiary/aromatic N) is 2. The number of aryl methyl sites for hydroxylation is 1. The number of nitrogens with one attached hydrogen (secondary N) is 1. The zero-order valence-electron chi connectivity index (χ0n) is 11.6. The number of pyridine rings is 1. The van der Waals surface area contributed by atoms with Gasteiger partial charge in [0.15, 0.2) is 0 Å². The molecule has 2 rings (SSSR count). The van der Waals surface area contributed by atoms with Crippen LogP contribution in [0.3, 0.4) is 0 Å². The van der Waals surface area contributed by atoms with Gasteiger partial charge in [0.05, 0.1) is 0 Å². The summed E-state index contributed by atoms with van der Waals surface area (Å²) in [6.45, 7) is 4.62. The van der Waals surface area contributed by atoms with Crippen LogP contribution >= 0.6 is 0 Å². The molecule has 0 amide bonds. The first-order chi connectivity index (χ1) is 9.06. The van der Waals surface area contributed by atoms with Crippen molar-refractivity contribution in [1.29, 1.82) is 5.41 Å². The van der Waals surface area contributed by atoms with E-state index in [2.05, 4.69) is 9.88 Å². The van der Waals surface area contributed by atoms with Crippen LogP contribution < -0.4 is 10.6 Å². The summed E-state index contributed by atoms with van der Waals surface area (Å²) in [4.78, 5) is 6.67. The number of anilines is 1. The predicted molar refractivity (Wildman–Crippen MR) is 76.8 cm³/mol. The first kappa shape index (κ1) is 13.8. The third-order valence-electron chi connectivity index (χ3n) is 3.51. The zero-order chi connectivity index (χ0) is 13.8. The summed E-state index contributed by atoms with van der Waals surface area (Å²) in [7, 11) is 2.04. The van der Waals surface area contributed by atoms with E-state index in [1.165, 1.54) is 0 Å². The Balaban J connectivity index is 2.09. The summed E-state index contributed by atoms with van der Waals surface area (Å²) in [5.41, 5.74) is 7.18. The standard InChI is InChI=1S/C14H22N4O/c1-10-7-12(14(15)16)8-13(17-10)18(2)9-11-3-5-19-6-4-11/h7-8,11H,3-6,9H2,1-2H3,(H3,15,16). The third-order valence-corrected chi connectivity index (χ3v) is 3.51. The molecule has 0 saturated carbocycles. The summed E-state index contributed by atoms with van der Waals surface area (Å²) in [5, 5.41) is 7.54. The predicted octanol–water partition coefficient (Wildman–Crippen LogP) is 1.54. The second-order valence-electron chi connectivity index (χ2n) is 5.21. The molecule has 5 nitrogen and oxygen atoms in total. The van der Waals surface area contributed by atoms with Crippen LogP contribution in [0.2, 0.25) is 0 Å². The Bertz CT molecular complexity index is 455. The Morgan fingerprint density at radius 3 is 2.79 bits per heavy atom. The minimum atomic E-state index is 0.0891. The number of rotatable bonds is 4. The van der Waals surface area contributed by atoms with Crippen LogP contribution in [0.5, 0.6) is 0 Å². The average Bonchev–Trinajstić information content (AvgIpc) is 2.39. The van der Waals surface area contributed by atoms with E-state index in [4.69, 9.17) is 15.9 Å². The number of ether oxygens (including phenoxy) is 1. The van der Waals surface area contributed by atoms with Crippen LogP contribution in [-0.4, -0.2) is 37.6 Å². The maximum absolute atomic E-state index is 7.54. The van der Waals surface area contributed by atoms with Gasteiger partial charge in [-0.1, -0.05) is 0 Å². The molecule has 0 bridgehead atoms. The Hall–Kier alpha value is -1.62. The van der Waals surface area contributed by atoms with Crippen molar-refractivity contribution < 1.29 is 4.74 Å². The van der Waals surface area contributed by atoms with Crippen LogP contribution in [-0.2, 0) is 4.74 Å². The van der Waals surface area contributed by atoms with Crippen molar-refractivity contribution >= 4 is 11.7 Å². The molecule has 3 N–H and O–H groups in total. The van der Waals surface area contributed by atoms with Crippen molar-refractivity contribution in [2.45, 2.75) is 19.8 Å². The zero-order valence-corrected chi connectivity index (χ0v) is 11.6. The molecule has 0 spiro atoms. The van der Waals surface area contributed by atoms with E-state index in [1.807, 2.05) is 26.1 Å². The van der Waals surface area contributed by atoms with E-state index in [-0.39, 0.29) is 5.84 Å². The van der Waals surface area contributed by atoms with Gasteiger partial charge >= 0.3 is 0 Å². The fourth-order valence-corrected chi connectivity index (χ4v) is 2.41. The van der Waals surface area contributed by atoms with Gasteiger partial charge in [-0.2, -0.15) is 0 Å². The molecule has 19 heavy (non-hydrogen) atoms. The molecular weight excluding hydrogens is 240 g/mol. The van der Waals surface area contributed by atoms with Gasteiger partial charge in [-0.15, -0.1) is 0 Å². The summed E-state index contributed by atoms with van der Waals surface area (Å²) in [6, 6.07) is 3.72. The van der Waals surface area contributed by atoms with Crippen LogP contribution in [0, 0.1) is 18.3 Å². The smallest absolute Gasteiger partial charge is 0.129 e. The molecule has 0 atom stereocenters. The van der Waals surface area contributed by atoms with E-state index in [9.17, 15) is 0 Å². The number of amidine groups is 1.